The maximum atomic E-state index is 3.59. The number of anilines is 1. The number of hydrogen-bond acceptors (Lipinski definition) is 3. The summed E-state index contributed by atoms with van der Waals surface area (Å²) >= 11 is 3.59. The van der Waals surface area contributed by atoms with E-state index in [0.717, 1.165) is 30.7 Å². The zero-order valence-electron chi connectivity index (χ0n) is 14.1. The topological polar surface area (TPSA) is 18.5 Å². The van der Waals surface area contributed by atoms with Crippen LogP contribution in [-0.2, 0) is 6.54 Å². The number of nitrogens with one attached hydrogen (secondary N) is 1. The van der Waals surface area contributed by atoms with Gasteiger partial charge in [-0.15, -0.1) is 0 Å². The number of rotatable bonds is 9. The molecule has 0 aliphatic carbocycles. The van der Waals surface area contributed by atoms with Crippen molar-refractivity contribution in [1.82, 2.24) is 10.2 Å². The van der Waals surface area contributed by atoms with E-state index in [9.17, 15) is 0 Å². The third kappa shape index (κ3) is 7.30. The molecule has 4 heteroatoms. The highest BCUT2D eigenvalue weighted by molar-refractivity contribution is 9.10. The van der Waals surface area contributed by atoms with Gasteiger partial charge in [-0.1, -0.05) is 35.8 Å². The van der Waals surface area contributed by atoms with Gasteiger partial charge in [0, 0.05) is 30.3 Å². The Kier molecular flexibility index (Phi) is 8.30. The summed E-state index contributed by atoms with van der Waals surface area (Å²) in [4.78, 5) is 4.60. The Morgan fingerprint density at radius 2 is 1.86 bits per heavy atom. The Hall–Kier alpha value is -0.580. The average molecular weight is 356 g/mol. The van der Waals surface area contributed by atoms with Gasteiger partial charge in [-0.25, -0.2) is 0 Å². The van der Waals surface area contributed by atoms with Gasteiger partial charge in [0.2, 0.25) is 0 Å². The van der Waals surface area contributed by atoms with E-state index in [1.54, 1.807) is 0 Å². The van der Waals surface area contributed by atoms with Crippen molar-refractivity contribution in [1.29, 1.82) is 0 Å². The molecule has 0 amide bonds. The second kappa shape index (κ2) is 9.44. The minimum absolute atomic E-state index is 0.682. The Morgan fingerprint density at radius 1 is 1.14 bits per heavy atom. The van der Waals surface area contributed by atoms with Crippen molar-refractivity contribution in [2.45, 2.75) is 26.8 Å². The van der Waals surface area contributed by atoms with E-state index in [-0.39, 0.29) is 0 Å². The minimum atomic E-state index is 0.682. The maximum Gasteiger partial charge on any atom is 0.0420 e. The van der Waals surface area contributed by atoms with Crippen molar-refractivity contribution in [3.63, 3.8) is 0 Å². The fourth-order valence-electron chi connectivity index (χ4n) is 2.28. The molecule has 0 unspecified atom stereocenters. The zero-order valence-corrected chi connectivity index (χ0v) is 15.7. The van der Waals surface area contributed by atoms with Crippen LogP contribution in [0.2, 0.25) is 0 Å². The molecule has 1 aromatic carbocycles. The summed E-state index contributed by atoms with van der Waals surface area (Å²) in [5, 5.41) is 3.54. The lowest BCUT2D eigenvalue weighted by Gasteiger charge is -2.24. The molecule has 3 nitrogen and oxygen atoms in total. The molecule has 0 fully saturated rings. The Labute approximate surface area is 138 Å². The molecule has 0 atom stereocenters. The van der Waals surface area contributed by atoms with Crippen molar-refractivity contribution in [3.05, 3.63) is 28.2 Å². The first-order valence-electron chi connectivity index (χ1n) is 7.75. The van der Waals surface area contributed by atoms with Gasteiger partial charge in [-0.3, -0.25) is 0 Å². The van der Waals surface area contributed by atoms with E-state index in [1.807, 2.05) is 0 Å². The predicted octanol–water partition coefficient (Wildman–Crippen LogP) is 3.58. The van der Waals surface area contributed by atoms with Crippen LogP contribution in [0.3, 0.4) is 0 Å². The van der Waals surface area contributed by atoms with E-state index < -0.39 is 0 Å². The largest absolute Gasteiger partial charge is 0.374 e. The van der Waals surface area contributed by atoms with Gasteiger partial charge < -0.3 is 15.1 Å². The third-order valence-electron chi connectivity index (χ3n) is 3.43. The summed E-state index contributed by atoms with van der Waals surface area (Å²) in [6.45, 7) is 8.66. The monoisotopic (exact) mass is 355 g/mol. The highest BCUT2D eigenvalue weighted by Gasteiger charge is 2.08. The zero-order chi connectivity index (χ0) is 15.8. The summed E-state index contributed by atoms with van der Waals surface area (Å²) in [5.74, 6) is 0.682. The van der Waals surface area contributed by atoms with Crippen LogP contribution in [0.1, 0.15) is 25.8 Å². The Morgan fingerprint density at radius 3 is 2.48 bits per heavy atom. The van der Waals surface area contributed by atoms with Crippen molar-refractivity contribution >= 4 is 21.6 Å². The number of nitrogens with zero attached hydrogens (tertiary/aromatic N) is 2. The van der Waals surface area contributed by atoms with Crippen LogP contribution >= 0.6 is 15.9 Å². The van der Waals surface area contributed by atoms with Crippen LogP contribution in [-0.4, -0.2) is 45.7 Å². The van der Waals surface area contributed by atoms with Crippen LogP contribution < -0.4 is 10.2 Å². The second-order valence-electron chi connectivity index (χ2n) is 6.38. The molecule has 0 saturated heterocycles. The SMILES string of the molecule is CC(C)CNCc1ccc(Br)cc1N(C)CCCN(C)C. The molecule has 1 aromatic rings. The number of benzene rings is 1. The quantitative estimate of drug-likeness (QED) is 0.730. The van der Waals surface area contributed by atoms with E-state index in [4.69, 9.17) is 0 Å². The molecule has 0 spiro atoms. The third-order valence-corrected chi connectivity index (χ3v) is 3.92. The molecule has 0 aliphatic heterocycles. The second-order valence-corrected chi connectivity index (χ2v) is 7.29. The van der Waals surface area contributed by atoms with Gasteiger partial charge >= 0.3 is 0 Å². The standard InChI is InChI=1S/C17H30BrN3/c1-14(2)12-19-13-15-7-8-16(18)11-17(15)21(5)10-6-9-20(3)4/h7-8,11,14,19H,6,9-10,12-13H2,1-5H3. The predicted molar refractivity (Wildman–Crippen MR) is 97.1 cm³/mol. The van der Waals surface area contributed by atoms with Crippen LogP contribution in [0, 0.1) is 5.92 Å². The van der Waals surface area contributed by atoms with E-state index >= 15 is 0 Å². The van der Waals surface area contributed by atoms with Gasteiger partial charge in [0.15, 0.2) is 0 Å². The summed E-state index contributed by atoms with van der Waals surface area (Å²) in [5.41, 5.74) is 2.69. The first-order chi connectivity index (χ1) is 9.90. The van der Waals surface area contributed by atoms with Crippen molar-refractivity contribution in [3.8, 4) is 0 Å². The van der Waals surface area contributed by atoms with Crippen LogP contribution in [0.25, 0.3) is 0 Å². The van der Waals surface area contributed by atoms with E-state index in [1.165, 1.54) is 17.7 Å². The lowest BCUT2D eigenvalue weighted by atomic mass is 10.1. The molecule has 0 bridgehead atoms. The summed E-state index contributed by atoms with van der Waals surface area (Å²) in [6, 6.07) is 6.57. The van der Waals surface area contributed by atoms with Crippen molar-refractivity contribution < 1.29 is 0 Å². The Bertz CT molecular complexity index is 418. The fourth-order valence-corrected chi connectivity index (χ4v) is 2.63. The van der Waals surface area contributed by atoms with Gasteiger partial charge in [0.05, 0.1) is 0 Å². The Balaban J connectivity index is 2.66. The smallest absolute Gasteiger partial charge is 0.0420 e. The van der Waals surface area contributed by atoms with Crippen molar-refractivity contribution in [2.24, 2.45) is 5.92 Å². The molecule has 0 heterocycles. The van der Waals surface area contributed by atoms with E-state index in [0.29, 0.717) is 5.92 Å². The lowest BCUT2D eigenvalue weighted by Crippen LogP contribution is -2.26. The highest BCUT2D eigenvalue weighted by atomic mass is 79.9. The first kappa shape index (κ1) is 18.5. The molecule has 0 radical (unpaired) electrons. The lowest BCUT2D eigenvalue weighted by molar-refractivity contribution is 0.401. The first-order valence-corrected chi connectivity index (χ1v) is 8.54. The molecule has 120 valence electrons. The summed E-state index contributed by atoms with van der Waals surface area (Å²) in [6.07, 6.45) is 1.18. The van der Waals surface area contributed by atoms with E-state index in [2.05, 4.69) is 84.2 Å². The molecule has 1 N–H and O–H groups in total. The molecule has 0 aromatic heterocycles. The van der Waals surface area contributed by atoms with Gasteiger partial charge in [-0.05, 0) is 57.2 Å². The average Bonchev–Trinajstić information content (AvgIpc) is 2.39. The number of hydrogen-bond donors (Lipinski definition) is 1. The van der Waals surface area contributed by atoms with Crippen LogP contribution in [0.15, 0.2) is 22.7 Å². The molecule has 1 rings (SSSR count). The summed E-state index contributed by atoms with van der Waals surface area (Å²) in [7, 11) is 6.43. The highest BCUT2D eigenvalue weighted by Crippen LogP contribution is 2.24. The minimum Gasteiger partial charge on any atom is -0.374 e. The fraction of sp³-hybridized carbons (Fsp3) is 0.647. The summed E-state index contributed by atoms with van der Waals surface area (Å²) < 4.78 is 1.14. The maximum absolute atomic E-state index is 3.59. The van der Waals surface area contributed by atoms with Crippen LogP contribution in [0.4, 0.5) is 5.69 Å². The molecule has 0 aliphatic rings. The van der Waals surface area contributed by atoms with Gasteiger partial charge in [0.25, 0.3) is 0 Å². The molecular formula is C17H30BrN3. The van der Waals surface area contributed by atoms with Gasteiger partial charge in [-0.2, -0.15) is 0 Å². The van der Waals surface area contributed by atoms with Gasteiger partial charge in [0.1, 0.15) is 0 Å². The number of halogens is 1. The molecule has 0 saturated carbocycles. The molecular weight excluding hydrogens is 326 g/mol. The van der Waals surface area contributed by atoms with Crippen LogP contribution in [0.5, 0.6) is 0 Å². The normalized spacial score (nSPS) is 11.4. The van der Waals surface area contributed by atoms with Crippen molar-refractivity contribution in [2.75, 3.05) is 45.7 Å². The molecule has 21 heavy (non-hydrogen) atoms.